The summed E-state index contributed by atoms with van der Waals surface area (Å²) in [6, 6.07) is 13.4. The summed E-state index contributed by atoms with van der Waals surface area (Å²) < 4.78 is 1.14. The Morgan fingerprint density at radius 3 is 2.33 bits per heavy atom. The van der Waals surface area contributed by atoms with Gasteiger partial charge in [0.25, 0.3) is 0 Å². The van der Waals surface area contributed by atoms with Gasteiger partial charge < -0.3 is 4.98 Å². The Labute approximate surface area is 154 Å². The molecule has 0 saturated heterocycles. The minimum atomic E-state index is 0.816. The van der Waals surface area contributed by atoms with E-state index in [0.717, 1.165) is 16.3 Å². The third-order valence-corrected chi connectivity index (χ3v) is 5.52. The molecule has 3 rings (SSSR count). The van der Waals surface area contributed by atoms with Crippen molar-refractivity contribution in [1.82, 2.24) is 4.98 Å². The minimum Gasteiger partial charge on any atom is -0.355 e. The molecule has 0 bridgehead atoms. The van der Waals surface area contributed by atoms with E-state index in [0.29, 0.717) is 0 Å². The quantitative estimate of drug-likeness (QED) is 0.433. The fourth-order valence-electron chi connectivity index (χ4n) is 3.50. The van der Waals surface area contributed by atoms with Crippen LogP contribution in [-0.4, -0.2) is 4.98 Å². The summed E-state index contributed by atoms with van der Waals surface area (Å²) in [5.74, 6) is 1.65. The number of hydrogen-bond donors (Lipinski definition) is 1. The Morgan fingerprint density at radius 2 is 1.58 bits per heavy atom. The number of rotatable bonds is 7. The van der Waals surface area contributed by atoms with Crippen molar-refractivity contribution in [2.45, 2.75) is 52.9 Å². The molecule has 0 aliphatic carbocycles. The van der Waals surface area contributed by atoms with Crippen molar-refractivity contribution in [2.24, 2.45) is 11.8 Å². The predicted octanol–water partition coefficient (Wildman–Crippen LogP) is 7.48. The van der Waals surface area contributed by atoms with Crippen LogP contribution in [0.15, 0.2) is 40.9 Å². The molecule has 0 amide bonds. The van der Waals surface area contributed by atoms with Gasteiger partial charge in [0.05, 0.1) is 0 Å². The van der Waals surface area contributed by atoms with E-state index in [4.69, 9.17) is 0 Å². The standard InChI is InChI=1S/C22H28BrN/c1-15(2)5-4-6-16(3)7-8-17-9-11-21-19(13-17)20-14-18(23)10-12-22(20)24-21/h9-16,24H,4-8H2,1-3H3. The van der Waals surface area contributed by atoms with Crippen molar-refractivity contribution in [1.29, 1.82) is 0 Å². The summed E-state index contributed by atoms with van der Waals surface area (Å²) >= 11 is 3.59. The smallest absolute Gasteiger partial charge is 0.0465 e. The average Bonchev–Trinajstić information content (AvgIpc) is 2.90. The molecule has 0 saturated carbocycles. The highest BCUT2D eigenvalue weighted by atomic mass is 79.9. The van der Waals surface area contributed by atoms with E-state index >= 15 is 0 Å². The molecule has 0 aliphatic heterocycles. The van der Waals surface area contributed by atoms with Gasteiger partial charge in [0.15, 0.2) is 0 Å². The van der Waals surface area contributed by atoms with Crippen molar-refractivity contribution in [3.8, 4) is 0 Å². The second-order valence-corrected chi connectivity index (χ2v) is 8.58. The summed E-state index contributed by atoms with van der Waals surface area (Å²) in [6.45, 7) is 7.04. The molecular formula is C22H28BrN. The third kappa shape index (κ3) is 4.22. The molecule has 1 nitrogen and oxygen atoms in total. The number of nitrogens with one attached hydrogen (secondary N) is 1. The lowest BCUT2D eigenvalue weighted by atomic mass is 9.94. The van der Waals surface area contributed by atoms with E-state index in [1.54, 1.807) is 0 Å². The van der Waals surface area contributed by atoms with Crippen LogP contribution in [0.1, 0.15) is 52.0 Å². The van der Waals surface area contributed by atoms with E-state index < -0.39 is 0 Å². The number of fused-ring (bicyclic) bond motifs is 3. The molecule has 1 aromatic heterocycles. The van der Waals surface area contributed by atoms with E-state index in [2.05, 4.69) is 78.1 Å². The maximum absolute atomic E-state index is 3.59. The van der Waals surface area contributed by atoms with Crippen molar-refractivity contribution in [3.63, 3.8) is 0 Å². The number of aromatic amines is 1. The molecule has 2 aromatic carbocycles. The van der Waals surface area contributed by atoms with Gasteiger partial charge in [-0.1, -0.05) is 62.0 Å². The van der Waals surface area contributed by atoms with Crippen LogP contribution >= 0.6 is 15.9 Å². The van der Waals surface area contributed by atoms with Crippen LogP contribution < -0.4 is 0 Å². The lowest BCUT2D eigenvalue weighted by molar-refractivity contribution is 0.437. The number of hydrogen-bond acceptors (Lipinski definition) is 0. The monoisotopic (exact) mass is 385 g/mol. The number of halogens is 1. The molecule has 0 radical (unpaired) electrons. The fraction of sp³-hybridized carbons (Fsp3) is 0.455. The zero-order valence-electron chi connectivity index (χ0n) is 15.0. The first-order valence-electron chi connectivity index (χ1n) is 9.23. The Hall–Kier alpha value is -1.28. The van der Waals surface area contributed by atoms with Gasteiger partial charge in [-0.15, -0.1) is 0 Å². The van der Waals surface area contributed by atoms with Gasteiger partial charge in [0, 0.05) is 26.3 Å². The molecule has 1 heterocycles. The Morgan fingerprint density at radius 1 is 0.875 bits per heavy atom. The number of H-pyrrole nitrogens is 1. The fourth-order valence-corrected chi connectivity index (χ4v) is 3.87. The van der Waals surface area contributed by atoms with Gasteiger partial charge in [-0.05, 0) is 60.6 Å². The number of aryl methyl sites for hydroxylation is 1. The van der Waals surface area contributed by atoms with Crippen LogP contribution in [0.2, 0.25) is 0 Å². The minimum absolute atomic E-state index is 0.816. The van der Waals surface area contributed by atoms with Crippen LogP contribution in [0.5, 0.6) is 0 Å². The molecule has 2 heteroatoms. The van der Waals surface area contributed by atoms with Gasteiger partial charge >= 0.3 is 0 Å². The van der Waals surface area contributed by atoms with E-state index in [-0.39, 0.29) is 0 Å². The lowest BCUT2D eigenvalue weighted by Gasteiger charge is -2.12. The first-order valence-corrected chi connectivity index (χ1v) is 10.0. The summed E-state index contributed by atoms with van der Waals surface area (Å²) in [7, 11) is 0. The molecule has 128 valence electrons. The van der Waals surface area contributed by atoms with Crippen LogP contribution in [-0.2, 0) is 6.42 Å². The second kappa shape index (κ2) is 7.74. The van der Waals surface area contributed by atoms with Gasteiger partial charge in [0.2, 0.25) is 0 Å². The molecule has 1 atom stereocenters. The van der Waals surface area contributed by atoms with Crippen LogP contribution in [0.25, 0.3) is 21.8 Å². The van der Waals surface area contributed by atoms with Crippen molar-refractivity contribution in [2.75, 3.05) is 0 Å². The lowest BCUT2D eigenvalue weighted by Crippen LogP contribution is -1.99. The third-order valence-electron chi connectivity index (χ3n) is 5.03. The van der Waals surface area contributed by atoms with Crippen molar-refractivity contribution >= 4 is 37.7 Å². The summed E-state index contributed by atoms with van der Waals surface area (Å²) in [5.41, 5.74) is 3.91. The van der Waals surface area contributed by atoms with Gasteiger partial charge in [-0.25, -0.2) is 0 Å². The van der Waals surface area contributed by atoms with Gasteiger partial charge in [-0.2, -0.15) is 0 Å². The van der Waals surface area contributed by atoms with E-state index in [1.165, 1.54) is 59.5 Å². The normalized spacial score (nSPS) is 13.2. The zero-order valence-corrected chi connectivity index (χ0v) is 16.6. The van der Waals surface area contributed by atoms with E-state index in [9.17, 15) is 0 Å². The SMILES string of the molecule is CC(C)CCCC(C)CCc1ccc2[nH]c3ccc(Br)cc3c2c1. The Bertz CT molecular complexity index is 815. The summed E-state index contributed by atoms with van der Waals surface area (Å²) in [6.07, 6.45) is 6.56. The second-order valence-electron chi connectivity index (χ2n) is 7.66. The molecular weight excluding hydrogens is 358 g/mol. The topological polar surface area (TPSA) is 15.8 Å². The van der Waals surface area contributed by atoms with Crippen LogP contribution in [0.3, 0.4) is 0 Å². The molecule has 1 N–H and O–H groups in total. The maximum Gasteiger partial charge on any atom is 0.0465 e. The molecule has 0 fully saturated rings. The largest absolute Gasteiger partial charge is 0.355 e. The molecule has 3 aromatic rings. The Kier molecular flexibility index (Phi) is 5.65. The summed E-state index contributed by atoms with van der Waals surface area (Å²) in [4.78, 5) is 3.51. The van der Waals surface area contributed by atoms with Gasteiger partial charge in [0.1, 0.15) is 0 Å². The van der Waals surface area contributed by atoms with Crippen LogP contribution in [0.4, 0.5) is 0 Å². The molecule has 0 spiro atoms. The predicted molar refractivity (Wildman–Crippen MR) is 110 cm³/mol. The molecule has 24 heavy (non-hydrogen) atoms. The van der Waals surface area contributed by atoms with Crippen molar-refractivity contribution in [3.05, 3.63) is 46.4 Å². The first-order chi connectivity index (χ1) is 11.5. The van der Waals surface area contributed by atoms with E-state index in [1.807, 2.05) is 0 Å². The Balaban J connectivity index is 1.69. The van der Waals surface area contributed by atoms with Gasteiger partial charge in [-0.3, -0.25) is 0 Å². The zero-order chi connectivity index (χ0) is 17.1. The van der Waals surface area contributed by atoms with Crippen LogP contribution in [0, 0.1) is 11.8 Å². The average molecular weight is 386 g/mol. The number of aromatic nitrogens is 1. The first kappa shape index (κ1) is 17.5. The maximum atomic E-state index is 3.59. The highest BCUT2D eigenvalue weighted by Crippen LogP contribution is 2.29. The molecule has 0 aliphatic rings. The highest BCUT2D eigenvalue weighted by molar-refractivity contribution is 9.10. The summed E-state index contributed by atoms with van der Waals surface area (Å²) in [5, 5.41) is 2.66. The van der Waals surface area contributed by atoms with Crippen molar-refractivity contribution < 1.29 is 0 Å². The highest BCUT2D eigenvalue weighted by Gasteiger charge is 2.08. The number of benzene rings is 2. The molecule has 1 unspecified atom stereocenters.